The molecule has 0 unspecified atom stereocenters. The van der Waals surface area contributed by atoms with Gasteiger partial charge in [0.05, 0.1) is 6.54 Å². The molecule has 0 aromatic heterocycles. The summed E-state index contributed by atoms with van der Waals surface area (Å²) < 4.78 is 36.5. The van der Waals surface area contributed by atoms with Gasteiger partial charge in [-0.25, -0.2) is 0 Å². The molecule has 2 fully saturated rings. The summed E-state index contributed by atoms with van der Waals surface area (Å²) >= 11 is 0. The van der Waals surface area contributed by atoms with Gasteiger partial charge in [-0.1, -0.05) is 0 Å². The van der Waals surface area contributed by atoms with Crippen LogP contribution in [-0.2, 0) is 0 Å². The second-order valence-electron chi connectivity index (χ2n) is 4.22. The molecule has 1 nitrogen and oxygen atoms in total. The summed E-state index contributed by atoms with van der Waals surface area (Å²) in [6, 6.07) is 0. The average Bonchev–Trinajstić information content (AvgIpc) is 2.25. The minimum Gasteiger partial charge on any atom is -0.289 e. The zero-order chi connectivity index (χ0) is 9.53. The van der Waals surface area contributed by atoms with Crippen LogP contribution in [0.3, 0.4) is 0 Å². The highest BCUT2D eigenvalue weighted by atomic mass is 19.4. The first-order valence-electron chi connectivity index (χ1n) is 4.84. The number of halogens is 3. The lowest BCUT2D eigenvalue weighted by Crippen LogP contribution is -2.52. The van der Waals surface area contributed by atoms with Crippen molar-refractivity contribution in [1.29, 1.82) is 0 Å². The lowest BCUT2D eigenvalue weighted by atomic mass is 9.75. The Morgan fingerprint density at radius 3 is 2.15 bits per heavy atom. The molecule has 2 rings (SSSR count). The number of likely N-dealkylation sites (tertiary alicyclic amines) is 1. The molecule has 0 aromatic rings. The zero-order valence-electron chi connectivity index (χ0n) is 7.53. The highest BCUT2D eigenvalue weighted by Gasteiger charge is 2.48. The fourth-order valence-electron chi connectivity index (χ4n) is 2.61. The van der Waals surface area contributed by atoms with Crippen LogP contribution >= 0.6 is 0 Å². The van der Waals surface area contributed by atoms with Gasteiger partial charge in [0.15, 0.2) is 0 Å². The Kier molecular flexibility index (Phi) is 2.06. The molecule has 1 aliphatic heterocycles. The van der Waals surface area contributed by atoms with Crippen LogP contribution in [0.25, 0.3) is 0 Å². The van der Waals surface area contributed by atoms with Crippen LogP contribution in [0.4, 0.5) is 13.2 Å². The van der Waals surface area contributed by atoms with Crippen LogP contribution in [0, 0.1) is 0 Å². The minimum absolute atomic E-state index is 0.0461. The van der Waals surface area contributed by atoms with Gasteiger partial charge in [-0.3, -0.25) is 4.90 Å². The van der Waals surface area contributed by atoms with Gasteiger partial charge in [0.1, 0.15) is 0 Å². The van der Waals surface area contributed by atoms with Gasteiger partial charge in [0.25, 0.3) is 0 Å². The van der Waals surface area contributed by atoms with E-state index in [1.807, 2.05) is 0 Å². The van der Waals surface area contributed by atoms with Crippen molar-refractivity contribution in [2.24, 2.45) is 0 Å². The molecule has 0 bridgehead atoms. The molecule has 1 aliphatic carbocycles. The van der Waals surface area contributed by atoms with Crippen LogP contribution in [0.15, 0.2) is 0 Å². The average molecular weight is 193 g/mol. The molecule has 76 valence electrons. The predicted octanol–water partition coefficient (Wildman–Crippen LogP) is 2.57. The third-order valence-electron chi connectivity index (χ3n) is 3.40. The standard InChI is InChI=1S/C9H14F3N/c10-9(11,12)7-13-6-2-5-8(13)3-1-4-8/h1-7H2. The Morgan fingerprint density at radius 1 is 1.08 bits per heavy atom. The fourth-order valence-corrected chi connectivity index (χ4v) is 2.61. The number of nitrogens with zero attached hydrogens (tertiary/aromatic N) is 1. The van der Waals surface area contributed by atoms with E-state index < -0.39 is 12.7 Å². The predicted molar refractivity (Wildman–Crippen MR) is 43.4 cm³/mol. The summed E-state index contributed by atoms with van der Waals surface area (Å²) in [4.78, 5) is 1.65. The van der Waals surface area contributed by atoms with Gasteiger partial charge >= 0.3 is 6.18 Å². The van der Waals surface area contributed by atoms with Crippen molar-refractivity contribution >= 4 is 0 Å². The smallest absolute Gasteiger partial charge is 0.289 e. The van der Waals surface area contributed by atoms with E-state index >= 15 is 0 Å². The summed E-state index contributed by atoms with van der Waals surface area (Å²) in [5.74, 6) is 0. The first-order valence-corrected chi connectivity index (χ1v) is 4.84. The van der Waals surface area contributed by atoms with Crippen molar-refractivity contribution in [3.8, 4) is 0 Å². The molecular weight excluding hydrogens is 179 g/mol. The molecule has 0 aromatic carbocycles. The van der Waals surface area contributed by atoms with E-state index in [2.05, 4.69) is 0 Å². The van der Waals surface area contributed by atoms with E-state index in [4.69, 9.17) is 0 Å². The summed E-state index contributed by atoms with van der Waals surface area (Å²) in [5, 5.41) is 0. The Labute approximate surface area is 75.9 Å². The van der Waals surface area contributed by atoms with Crippen molar-refractivity contribution in [2.45, 2.75) is 43.8 Å². The molecule has 1 heterocycles. The van der Waals surface area contributed by atoms with Crippen LogP contribution in [0.1, 0.15) is 32.1 Å². The third-order valence-corrected chi connectivity index (χ3v) is 3.40. The molecule has 0 radical (unpaired) electrons. The normalized spacial score (nSPS) is 27.9. The van der Waals surface area contributed by atoms with E-state index in [-0.39, 0.29) is 5.54 Å². The first kappa shape index (κ1) is 9.31. The summed E-state index contributed by atoms with van der Waals surface area (Å²) in [5.41, 5.74) is -0.0461. The van der Waals surface area contributed by atoms with Crippen LogP contribution in [-0.4, -0.2) is 29.7 Å². The number of alkyl halides is 3. The van der Waals surface area contributed by atoms with Gasteiger partial charge in [-0.15, -0.1) is 0 Å². The molecule has 4 heteroatoms. The summed E-state index contributed by atoms with van der Waals surface area (Å²) in [6.07, 6.45) is 0.951. The van der Waals surface area contributed by atoms with Gasteiger partial charge in [-0.2, -0.15) is 13.2 Å². The minimum atomic E-state index is -4.02. The molecule has 1 saturated heterocycles. The molecule has 13 heavy (non-hydrogen) atoms. The Hall–Kier alpha value is -0.250. The maximum Gasteiger partial charge on any atom is 0.401 e. The number of hydrogen-bond donors (Lipinski definition) is 0. The van der Waals surface area contributed by atoms with Crippen molar-refractivity contribution in [3.05, 3.63) is 0 Å². The molecule has 1 spiro atoms. The maximum atomic E-state index is 12.2. The first-order chi connectivity index (χ1) is 6.02. The van der Waals surface area contributed by atoms with Crippen molar-refractivity contribution in [3.63, 3.8) is 0 Å². The van der Waals surface area contributed by atoms with Crippen molar-refractivity contribution in [2.75, 3.05) is 13.1 Å². The highest BCUT2D eigenvalue weighted by Crippen LogP contribution is 2.46. The highest BCUT2D eigenvalue weighted by molar-refractivity contribution is 5.02. The number of hydrogen-bond acceptors (Lipinski definition) is 1. The van der Waals surface area contributed by atoms with Gasteiger partial charge in [-0.05, 0) is 38.6 Å². The van der Waals surface area contributed by atoms with E-state index in [0.717, 1.165) is 32.1 Å². The van der Waals surface area contributed by atoms with Gasteiger partial charge in [0, 0.05) is 5.54 Å². The molecule has 1 saturated carbocycles. The Bertz CT molecular complexity index is 196. The third kappa shape index (κ3) is 1.68. The molecule has 0 N–H and O–H groups in total. The van der Waals surface area contributed by atoms with Crippen LogP contribution in [0.2, 0.25) is 0 Å². The molecule has 2 aliphatic rings. The van der Waals surface area contributed by atoms with Gasteiger partial charge < -0.3 is 0 Å². The molecular formula is C9H14F3N. The van der Waals surface area contributed by atoms with Crippen LogP contribution in [0.5, 0.6) is 0 Å². The molecule has 0 amide bonds. The monoisotopic (exact) mass is 193 g/mol. The topological polar surface area (TPSA) is 3.24 Å². The SMILES string of the molecule is FC(F)(F)CN1CCCC12CCC2. The number of rotatable bonds is 1. The Morgan fingerprint density at radius 2 is 1.69 bits per heavy atom. The van der Waals surface area contributed by atoms with Crippen molar-refractivity contribution < 1.29 is 13.2 Å². The lowest BCUT2D eigenvalue weighted by Gasteiger charge is -2.46. The van der Waals surface area contributed by atoms with Gasteiger partial charge in [0.2, 0.25) is 0 Å². The lowest BCUT2D eigenvalue weighted by molar-refractivity contribution is -0.160. The summed E-state index contributed by atoms with van der Waals surface area (Å²) in [7, 11) is 0. The maximum absolute atomic E-state index is 12.2. The second-order valence-corrected chi connectivity index (χ2v) is 4.22. The van der Waals surface area contributed by atoms with E-state index in [1.54, 1.807) is 4.90 Å². The van der Waals surface area contributed by atoms with E-state index in [9.17, 15) is 13.2 Å². The molecule has 0 atom stereocenters. The van der Waals surface area contributed by atoms with Crippen molar-refractivity contribution in [1.82, 2.24) is 4.90 Å². The zero-order valence-corrected chi connectivity index (χ0v) is 7.53. The fraction of sp³-hybridized carbons (Fsp3) is 1.00. The van der Waals surface area contributed by atoms with E-state index in [0.29, 0.717) is 6.54 Å². The van der Waals surface area contributed by atoms with Crippen LogP contribution < -0.4 is 0 Å². The summed E-state index contributed by atoms with van der Waals surface area (Å²) in [6.45, 7) is -0.0630. The quantitative estimate of drug-likeness (QED) is 0.618. The van der Waals surface area contributed by atoms with E-state index in [1.165, 1.54) is 0 Å². The largest absolute Gasteiger partial charge is 0.401 e. The second kappa shape index (κ2) is 2.87. The Balaban J connectivity index is 1.98.